The lowest BCUT2D eigenvalue weighted by molar-refractivity contribution is -0.119. The van der Waals surface area contributed by atoms with Gasteiger partial charge in [-0.2, -0.15) is 0 Å². The van der Waals surface area contributed by atoms with E-state index in [0.717, 1.165) is 0 Å². The van der Waals surface area contributed by atoms with Gasteiger partial charge in [-0.25, -0.2) is 9.78 Å². The molecule has 0 fully saturated rings. The number of carbonyl (C=O) groups excluding carboxylic acids is 2. The highest BCUT2D eigenvalue weighted by molar-refractivity contribution is 7.09. The first kappa shape index (κ1) is 12.6. The fourth-order valence-electron chi connectivity index (χ4n) is 1.15. The summed E-state index contributed by atoms with van der Waals surface area (Å²) in [6.45, 7) is 5.32. The molecule has 0 bridgehead atoms. The van der Waals surface area contributed by atoms with Crippen LogP contribution in [0.15, 0.2) is 5.38 Å². The van der Waals surface area contributed by atoms with Crippen LogP contribution in [0.5, 0.6) is 0 Å². The average Bonchev–Trinajstić information content (AvgIpc) is 2.65. The minimum atomic E-state index is -0.431. The number of amides is 1. The van der Waals surface area contributed by atoms with Crippen LogP contribution in [0.4, 0.5) is 0 Å². The summed E-state index contributed by atoms with van der Waals surface area (Å²) in [4.78, 5) is 26.3. The minimum Gasteiger partial charge on any atom is -0.461 e. The maximum atomic E-state index is 11.3. The number of hydrogen-bond acceptors (Lipinski definition) is 5. The Balaban J connectivity index is 2.70. The Kier molecular flexibility index (Phi) is 4.42. The van der Waals surface area contributed by atoms with E-state index in [1.165, 1.54) is 18.3 Å². The largest absolute Gasteiger partial charge is 0.461 e. The molecule has 16 heavy (non-hydrogen) atoms. The molecular formula is C10H14N2O3S. The molecule has 1 rings (SSSR count). The Morgan fingerprint density at radius 3 is 2.88 bits per heavy atom. The van der Waals surface area contributed by atoms with Crippen LogP contribution in [0.3, 0.4) is 0 Å². The van der Waals surface area contributed by atoms with Crippen molar-refractivity contribution < 1.29 is 14.3 Å². The monoisotopic (exact) mass is 242 g/mol. The lowest BCUT2D eigenvalue weighted by atomic mass is 10.3. The van der Waals surface area contributed by atoms with Crippen LogP contribution in [-0.4, -0.2) is 23.5 Å². The number of aromatic nitrogens is 1. The second-order valence-corrected chi connectivity index (χ2v) is 4.10. The lowest BCUT2D eigenvalue weighted by Crippen LogP contribution is -2.23. The van der Waals surface area contributed by atoms with E-state index in [1.54, 1.807) is 12.3 Å². The third kappa shape index (κ3) is 3.30. The van der Waals surface area contributed by atoms with Crippen LogP contribution >= 0.6 is 11.3 Å². The van der Waals surface area contributed by atoms with Crippen molar-refractivity contribution in [1.82, 2.24) is 10.3 Å². The summed E-state index contributed by atoms with van der Waals surface area (Å²) >= 11 is 1.33. The molecule has 1 N–H and O–H groups in total. The highest BCUT2D eigenvalue weighted by Crippen LogP contribution is 2.18. The highest BCUT2D eigenvalue weighted by Gasteiger charge is 2.15. The van der Waals surface area contributed by atoms with E-state index >= 15 is 0 Å². The van der Waals surface area contributed by atoms with E-state index in [4.69, 9.17) is 4.74 Å². The fraction of sp³-hybridized carbons (Fsp3) is 0.500. The quantitative estimate of drug-likeness (QED) is 0.813. The van der Waals surface area contributed by atoms with E-state index in [2.05, 4.69) is 10.3 Å². The summed E-state index contributed by atoms with van der Waals surface area (Å²) < 4.78 is 4.82. The molecule has 0 aliphatic carbocycles. The molecule has 1 aromatic heterocycles. The van der Waals surface area contributed by atoms with E-state index in [-0.39, 0.29) is 11.9 Å². The van der Waals surface area contributed by atoms with Gasteiger partial charge in [-0.15, -0.1) is 11.3 Å². The number of rotatable bonds is 4. The SMILES string of the molecule is CCOC(=O)c1csc([C@@H](C)NC(C)=O)n1. The van der Waals surface area contributed by atoms with Crippen LogP contribution in [0, 0.1) is 0 Å². The Bertz CT molecular complexity index is 389. The second kappa shape index (κ2) is 5.60. The molecule has 88 valence electrons. The molecular weight excluding hydrogens is 228 g/mol. The topological polar surface area (TPSA) is 68.3 Å². The molecule has 0 unspecified atom stereocenters. The maximum absolute atomic E-state index is 11.3. The molecule has 0 saturated carbocycles. The summed E-state index contributed by atoms with van der Waals surface area (Å²) in [5.41, 5.74) is 0.291. The van der Waals surface area contributed by atoms with E-state index in [0.29, 0.717) is 17.3 Å². The summed E-state index contributed by atoms with van der Waals surface area (Å²) in [7, 11) is 0. The molecule has 1 amide bonds. The van der Waals surface area contributed by atoms with Crippen molar-refractivity contribution >= 4 is 23.2 Å². The second-order valence-electron chi connectivity index (χ2n) is 3.21. The normalized spacial score (nSPS) is 11.9. The first-order valence-corrected chi connectivity index (χ1v) is 5.82. The average molecular weight is 242 g/mol. The van der Waals surface area contributed by atoms with Gasteiger partial charge >= 0.3 is 5.97 Å². The van der Waals surface area contributed by atoms with Gasteiger partial charge in [0.05, 0.1) is 12.6 Å². The van der Waals surface area contributed by atoms with E-state index < -0.39 is 5.97 Å². The summed E-state index contributed by atoms with van der Waals surface area (Å²) in [5.74, 6) is -0.555. The molecule has 0 aliphatic rings. The third-order valence-corrected chi connectivity index (χ3v) is 2.82. The first-order chi connectivity index (χ1) is 7.54. The van der Waals surface area contributed by atoms with Gasteiger partial charge in [-0.3, -0.25) is 4.79 Å². The van der Waals surface area contributed by atoms with Crippen molar-refractivity contribution in [3.05, 3.63) is 16.1 Å². The van der Waals surface area contributed by atoms with Gasteiger partial charge in [-0.1, -0.05) is 0 Å². The number of thiazole rings is 1. The Morgan fingerprint density at radius 1 is 1.62 bits per heavy atom. The van der Waals surface area contributed by atoms with Crippen LogP contribution < -0.4 is 5.32 Å². The molecule has 0 radical (unpaired) electrons. The van der Waals surface area contributed by atoms with Gasteiger partial charge in [0.25, 0.3) is 0 Å². The predicted octanol–water partition coefficient (Wildman–Crippen LogP) is 1.52. The zero-order valence-corrected chi connectivity index (χ0v) is 10.3. The van der Waals surface area contributed by atoms with E-state index in [1.807, 2.05) is 6.92 Å². The maximum Gasteiger partial charge on any atom is 0.357 e. The molecule has 0 aliphatic heterocycles. The Hall–Kier alpha value is -1.43. The molecule has 6 heteroatoms. The van der Waals surface area contributed by atoms with Crippen molar-refractivity contribution in [2.75, 3.05) is 6.61 Å². The summed E-state index contributed by atoms with van der Waals surface area (Å²) in [6.07, 6.45) is 0. The molecule has 5 nitrogen and oxygen atoms in total. The van der Waals surface area contributed by atoms with Crippen molar-refractivity contribution in [3.63, 3.8) is 0 Å². The van der Waals surface area contributed by atoms with Gasteiger partial charge in [0.15, 0.2) is 5.69 Å². The fourth-order valence-corrected chi connectivity index (χ4v) is 1.95. The van der Waals surface area contributed by atoms with Gasteiger partial charge in [0, 0.05) is 12.3 Å². The Morgan fingerprint density at radius 2 is 2.31 bits per heavy atom. The van der Waals surface area contributed by atoms with Crippen LogP contribution in [0.2, 0.25) is 0 Å². The molecule has 0 aromatic carbocycles. The smallest absolute Gasteiger partial charge is 0.357 e. The van der Waals surface area contributed by atoms with Crippen LogP contribution in [-0.2, 0) is 9.53 Å². The van der Waals surface area contributed by atoms with Gasteiger partial charge < -0.3 is 10.1 Å². The van der Waals surface area contributed by atoms with Crippen molar-refractivity contribution in [3.8, 4) is 0 Å². The zero-order chi connectivity index (χ0) is 12.1. The Labute approximate surface area is 97.8 Å². The standard InChI is InChI=1S/C10H14N2O3S/c1-4-15-10(14)8-5-16-9(12-8)6(2)11-7(3)13/h5-6H,4H2,1-3H3,(H,11,13)/t6-/m1/s1. The number of hydrogen-bond donors (Lipinski definition) is 1. The molecule has 0 spiro atoms. The van der Waals surface area contributed by atoms with Crippen molar-refractivity contribution in [2.24, 2.45) is 0 Å². The summed E-state index contributed by atoms with van der Waals surface area (Å²) in [6, 6.07) is -0.189. The highest BCUT2D eigenvalue weighted by atomic mass is 32.1. The van der Waals surface area contributed by atoms with E-state index in [9.17, 15) is 9.59 Å². The molecule has 1 atom stereocenters. The number of nitrogens with one attached hydrogen (secondary N) is 1. The third-order valence-electron chi connectivity index (χ3n) is 1.80. The van der Waals surface area contributed by atoms with Gasteiger partial charge in [0.2, 0.25) is 5.91 Å². The van der Waals surface area contributed by atoms with Crippen molar-refractivity contribution in [1.29, 1.82) is 0 Å². The number of nitrogens with zero attached hydrogens (tertiary/aromatic N) is 1. The summed E-state index contributed by atoms with van der Waals surface area (Å²) in [5, 5.41) is 5.02. The lowest BCUT2D eigenvalue weighted by Gasteiger charge is -2.07. The number of carbonyl (C=O) groups is 2. The number of esters is 1. The zero-order valence-electron chi connectivity index (χ0n) is 9.44. The molecule has 1 aromatic rings. The van der Waals surface area contributed by atoms with Crippen molar-refractivity contribution in [2.45, 2.75) is 26.8 Å². The van der Waals surface area contributed by atoms with Gasteiger partial charge in [0.1, 0.15) is 5.01 Å². The molecule has 1 heterocycles. The van der Waals surface area contributed by atoms with Crippen LogP contribution in [0.25, 0.3) is 0 Å². The minimum absolute atomic E-state index is 0.125. The predicted molar refractivity (Wildman–Crippen MR) is 60.3 cm³/mol. The molecule has 0 saturated heterocycles. The van der Waals surface area contributed by atoms with Crippen LogP contribution in [0.1, 0.15) is 42.3 Å². The van der Waals surface area contributed by atoms with Gasteiger partial charge in [-0.05, 0) is 13.8 Å². The first-order valence-electron chi connectivity index (χ1n) is 4.94. The number of ether oxygens (including phenoxy) is 1.